The molecule has 0 spiro atoms. The van der Waals surface area contributed by atoms with E-state index in [1.54, 1.807) is 0 Å². The van der Waals surface area contributed by atoms with Crippen LogP contribution in [-0.2, 0) is 11.3 Å². The van der Waals surface area contributed by atoms with Gasteiger partial charge < -0.3 is 19.9 Å². The Morgan fingerprint density at radius 2 is 2.04 bits per heavy atom. The van der Waals surface area contributed by atoms with Gasteiger partial charge in [0.05, 0.1) is 0 Å². The molecule has 2 rings (SSSR count). The Morgan fingerprint density at radius 1 is 1.28 bits per heavy atom. The maximum atomic E-state index is 5.48. The van der Waals surface area contributed by atoms with E-state index in [1.165, 1.54) is 32.1 Å². The standard InChI is InChI=1S/C18H33N5O2/c1-5-18(10-8-9-11-18)13-21-17(19-6-2)20-12-15-22-16(23-25-15)14(4)24-7-3/h14H,5-13H2,1-4H3,(H2,19,20,21). The van der Waals surface area contributed by atoms with E-state index in [9.17, 15) is 0 Å². The van der Waals surface area contributed by atoms with Crippen molar-refractivity contribution < 1.29 is 9.26 Å². The topological polar surface area (TPSA) is 84.6 Å². The average Bonchev–Trinajstić information content (AvgIpc) is 3.27. The average molecular weight is 351 g/mol. The van der Waals surface area contributed by atoms with Crippen molar-refractivity contribution in [2.45, 2.75) is 72.4 Å². The molecule has 1 aliphatic carbocycles. The van der Waals surface area contributed by atoms with Crippen LogP contribution in [0, 0.1) is 5.41 Å². The lowest BCUT2D eigenvalue weighted by atomic mass is 9.83. The van der Waals surface area contributed by atoms with Crippen LogP contribution in [0.5, 0.6) is 0 Å². The van der Waals surface area contributed by atoms with Gasteiger partial charge in [0.1, 0.15) is 12.6 Å². The van der Waals surface area contributed by atoms with Crippen molar-refractivity contribution in [3.8, 4) is 0 Å². The molecule has 0 radical (unpaired) electrons. The predicted octanol–water partition coefficient (Wildman–Crippen LogP) is 3.19. The fourth-order valence-corrected chi connectivity index (χ4v) is 3.36. The van der Waals surface area contributed by atoms with Gasteiger partial charge in [-0.1, -0.05) is 24.9 Å². The van der Waals surface area contributed by atoms with E-state index in [0.717, 1.165) is 19.0 Å². The molecule has 1 fully saturated rings. The van der Waals surface area contributed by atoms with E-state index < -0.39 is 0 Å². The quantitative estimate of drug-likeness (QED) is 0.525. The Bertz CT molecular complexity index is 537. The zero-order valence-corrected chi connectivity index (χ0v) is 16.1. The molecule has 142 valence electrons. The second-order valence-electron chi connectivity index (χ2n) is 6.75. The van der Waals surface area contributed by atoms with E-state index in [4.69, 9.17) is 9.26 Å². The number of aliphatic imine (C=N–C) groups is 1. The lowest BCUT2D eigenvalue weighted by molar-refractivity contribution is 0.0683. The summed E-state index contributed by atoms with van der Waals surface area (Å²) < 4.78 is 10.8. The number of nitrogens with zero attached hydrogens (tertiary/aromatic N) is 3. The summed E-state index contributed by atoms with van der Waals surface area (Å²) >= 11 is 0. The van der Waals surface area contributed by atoms with E-state index in [2.05, 4.69) is 39.6 Å². The normalized spacial score (nSPS) is 18.3. The molecule has 7 heteroatoms. The molecule has 1 aliphatic rings. The SMILES string of the molecule is CCNC(=NCc1nc(C(C)OCC)no1)NCC1(CC)CCCC1. The molecule has 0 saturated heterocycles. The van der Waals surface area contributed by atoms with Crippen molar-refractivity contribution in [2.75, 3.05) is 19.7 Å². The van der Waals surface area contributed by atoms with Crippen LogP contribution < -0.4 is 10.6 Å². The van der Waals surface area contributed by atoms with Crippen LogP contribution in [0.25, 0.3) is 0 Å². The molecule has 25 heavy (non-hydrogen) atoms. The van der Waals surface area contributed by atoms with Gasteiger partial charge in [-0.3, -0.25) is 0 Å². The summed E-state index contributed by atoms with van der Waals surface area (Å²) in [4.78, 5) is 8.95. The molecule has 0 aromatic carbocycles. The number of hydrogen-bond acceptors (Lipinski definition) is 5. The molecular formula is C18H33N5O2. The van der Waals surface area contributed by atoms with Crippen LogP contribution >= 0.6 is 0 Å². The minimum absolute atomic E-state index is 0.162. The summed E-state index contributed by atoms with van der Waals surface area (Å²) in [6.45, 7) is 11.0. The summed E-state index contributed by atoms with van der Waals surface area (Å²) in [7, 11) is 0. The molecule has 0 amide bonds. The minimum atomic E-state index is -0.162. The molecule has 1 unspecified atom stereocenters. The van der Waals surface area contributed by atoms with Gasteiger partial charge in [-0.2, -0.15) is 4.98 Å². The van der Waals surface area contributed by atoms with Crippen LogP contribution in [0.1, 0.15) is 77.6 Å². The van der Waals surface area contributed by atoms with E-state index >= 15 is 0 Å². The largest absolute Gasteiger partial charge is 0.371 e. The first-order valence-electron chi connectivity index (χ1n) is 9.58. The Balaban J connectivity index is 1.92. The van der Waals surface area contributed by atoms with Crippen molar-refractivity contribution in [3.63, 3.8) is 0 Å². The van der Waals surface area contributed by atoms with Crippen LogP contribution in [0.3, 0.4) is 0 Å². The van der Waals surface area contributed by atoms with Crippen molar-refractivity contribution in [2.24, 2.45) is 10.4 Å². The lowest BCUT2D eigenvalue weighted by Gasteiger charge is -2.28. The zero-order chi connectivity index (χ0) is 18.1. The van der Waals surface area contributed by atoms with Gasteiger partial charge in [0.25, 0.3) is 0 Å². The molecule has 1 aromatic rings. The van der Waals surface area contributed by atoms with Crippen molar-refractivity contribution in [3.05, 3.63) is 11.7 Å². The predicted molar refractivity (Wildman–Crippen MR) is 98.3 cm³/mol. The fourth-order valence-electron chi connectivity index (χ4n) is 3.36. The fraction of sp³-hybridized carbons (Fsp3) is 0.833. The molecular weight excluding hydrogens is 318 g/mol. The Morgan fingerprint density at radius 3 is 2.68 bits per heavy atom. The second kappa shape index (κ2) is 9.75. The van der Waals surface area contributed by atoms with Gasteiger partial charge in [-0.05, 0) is 45.4 Å². The number of guanidine groups is 1. The molecule has 1 heterocycles. The van der Waals surface area contributed by atoms with Gasteiger partial charge in [0.15, 0.2) is 11.8 Å². The van der Waals surface area contributed by atoms with E-state index in [-0.39, 0.29) is 6.10 Å². The summed E-state index contributed by atoms with van der Waals surface area (Å²) in [5, 5.41) is 10.8. The van der Waals surface area contributed by atoms with E-state index in [0.29, 0.717) is 30.3 Å². The number of aromatic nitrogens is 2. The number of nitrogens with one attached hydrogen (secondary N) is 2. The molecule has 0 bridgehead atoms. The maximum Gasteiger partial charge on any atom is 0.248 e. The molecule has 1 saturated carbocycles. The molecule has 7 nitrogen and oxygen atoms in total. The van der Waals surface area contributed by atoms with Gasteiger partial charge in [0, 0.05) is 19.7 Å². The molecule has 1 atom stereocenters. The Hall–Kier alpha value is -1.63. The lowest BCUT2D eigenvalue weighted by Crippen LogP contribution is -2.42. The first kappa shape index (κ1) is 19.7. The Kier molecular flexibility index (Phi) is 7.68. The number of hydrogen-bond donors (Lipinski definition) is 2. The first-order chi connectivity index (χ1) is 12.1. The summed E-state index contributed by atoms with van der Waals surface area (Å²) in [6, 6.07) is 0. The first-order valence-corrected chi connectivity index (χ1v) is 9.58. The molecule has 1 aromatic heterocycles. The second-order valence-corrected chi connectivity index (χ2v) is 6.75. The number of rotatable bonds is 9. The van der Waals surface area contributed by atoms with E-state index in [1.807, 2.05) is 13.8 Å². The maximum absolute atomic E-state index is 5.48. The van der Waals surface area contributed by atoms with Gasteiger partial charge in [0.2, 0.25) is 5.89 Å². The highest BCUT2D eigenvalue weighted by atomic mass is 16.5. The summed E-state index contributed by atoms with van der Waals surface area (Å²) in [5.41, 5.74) is 0.417. The minimum Gasteiger partial charge on any atom is -0.371 e. The zero-order valence-electron chi connectivity index (χ0n) is 16.1. The molecule has 2 N–H and O–H groups in total. The highest BCUT2D eigenvalue weighted by Gasteiger charge is 2.31. The van der Waals surface area contributed by atoms with Gasteiger partial charge >= 0.3 is 0 Å². The third-order valence-corrected chi connectivity index (χ3v) is 5.03. The number of ether oxygens (including phenoxy) is 1. The smallest absolute Gasteiger partial charge is 0.248 e. The van der Waals surface area contributed by atoms with Crippen LogP contribution in [0.15, 0.2) is 9.52 Å². The Labute approximate surface area is 151 Å². The van der Waals surface area contributed by atoms with Crippen LogP contribution in [-0.4, -0.2) is 35.8 Å². The van der Waals surface area contributed by atoms with Crippen molar-refractivity contribution in [1.29, 1.82) is 0 Å². The monoisotopic (exact) mass is 351 g/mol. The van der Waals surface area contributed by atoms with Crippen LogP contribution in [0.4, 0.5) is 0 Å². The van der Waals surface area contributed by atoms with Gasteiger partial charge in [-0.15, -0.1) is 0 Å². The van der Waals surface area contributed by atoms with Crippen LogP contribution in [0.2, 0.25) is 0 Å². The third-order valence-electron chi connectivity index (χ3n) is 5.03. The summed E-state index contributed by atoms with van der Waals surface area (Å²) in [6.07, 6.45) is 6.33. The van der Waals surface area contributed by atoms with Crippen molar-refractivity contribution >= 4 is 5.96 Å². The van der Waals surface area contributed by atoms with Crippen molar-refractivity contribution in [1.82, 2.24) is 20.8 Å². The molecule has 0 aliphatic heterocycles. The third kappa shape index (κ3) is 5.70. The summed E-state index contributed by atoms with van der Waals surface area (Å²) in [5.74, 6) is 1.88. The van der Waals surface area contributed by atoms with Gasteiger partial charge in [-0.25, -0.2) is 4.99 Å². The highest BCUT2D eigenvalue weighted by Crippen LogP contribution is 2.40. The highest BCUT2D eigenvalue weighted by molar-refractivity contribution is 5.79.